The van der Waals surface area contributed by atoms with Gasteiger partial charge in [-0.2, -0.15) is 0 Å². The van der Waals surface area contributed by atoms with E-state index in [9.17, 15) is 13.6 Å². The molecule has 4 heteroatoms. The number of rotatable bonds is 4. The highest BCUT2D eigenvalue weighted by molar-refractivity contribution is 5.95. The summed E-state index contributed by atoms with van der Waals surface area (Å²) in [5.41, 5.74) is 0.938. The zero-order valence-electron chi connectivity index (χ0n) is 13.7. The second-order valence-electron chi connectivity index (χ2n) is 6.58. The van der Waals surface area contributed by atoms with Gasteiger partial charge in [-0.3, -0.25) is 4.79 Å². The summed E-state index contributed by atoms with van der Waals surface area (Å²) in [5.74, 6) is -1.25. The van der Waals surface area contributed by atoms with Gasteiger partial charge in [0.15, 0.2) is 0 Å². The number of nitrogens with one attached hydrogen (secondary N) is 1. The van der Waals surface area contributed by atoms with E-state index in [0.29, 0.717) is 18.4 Å². The molecule has 0 heterocycles. The number of carbonyl (C=O) groups is 1. The molecule has 0 radical (unpaired) electrons. The average Bonchev–Trinajstić information content (AvgIpc) is 3.03. The largest absolute Gasteiger partial charge is 0.351 e. The Morgan fingerprint density at radius 2 is 1.67 bits per heavy atom. The summed E-state index contributed by atoms with van der Waals surface area (Å²) < 4.78 is 28.6. The maximum absolute atomic E-state index is 14.3. The minimum absolute atomic E-state index is 0.118. The number of hydrogen-bond donors (Lipinski definition) is 1. The lowest BCUT2D eigenvalue weighted by Gasteiger charge is -2.30. The summed E-state index contributed by atoms with van der Waals surface area (Å²) in [7, 11) is 0. The summed E-state index contributed by atoms with van der Waals surface area (Å²) >= 11 is 0. The monoisotopic (exact) mass is 329 g/mol. The summed E-state index contributed by atoms with van der Waals surface area (Å²) in [4.78, 5) is 12.5. The third-order valence-electron chi connectivity index (χ3n) is 5.03. The zero-order chi connectivity index (χ0) is 17.2. The molecule has 1 fully saturated rings. The molecule has 0 bridgehead atoms. The first-order valence-electron chi connectivity index (χ1n) is 8.32. The fraction of sp³-hybridized carbons (Fsp3) is 0.350. The Kier molecular flexibility index (Phi) is 4.65. The van der Waals surface area contributed by atoms with Gasteiger partial charge in [0, 0.05) is 23.1 Å². The molecule has 2 nitrogen and oxygen atoms in total. The van der Waals surface area contributed by atoms with Gasteiger partial charge in [0.25, 0.3) is 5.91 Å². The van der Waals surface area contributed by atoms with Crippen molar-refractivity contribution in [2.24, 2.45) is 0 Å². The molecule has 0 unspecified atom stereocenters. The molecule has 0 aromatic heterocycles. The van der Waals surface area contributed by atoms with E-state index in [1.54, 1.807) is 6.07 Å². The summed E-state index contributed by atoms with van der Waals surface area (Å²) in [6.07, 6.45) is 3.18. The van der Waals surface area contributed by atoms with Gasteiger partial charge in [0.05, 0.1) is 0 Å². The third-order valence-corrected chi connectivity index (χ3v) is 5.03. The van der Waals surface area contributed by atoms with Gasteiger partial charge < -0.3 is 5.32 Å². The van der Waals surface area contributed by atoms with Crippen molar-refractivity contribution in [3.63, 3.8) is 0 Å². The van der Waals surface area contributed by atoms with Crippen LogP contribution in [0.25, 0.3) is 0 Å². The molecule has 1 aliphatic carbocycles. The van der Waals surface area contributed by atoms with Crippen molar-refractivity contribution in [3.05, 3.63) is 70.8 Å². The Balaban J connectivity index is 1.85. The van der Waals surface area contributed by atoms with E-state index in [1.165, 1.54) is 18.2 Å². The van der Waals surface area contributed by atoms with Crippen molar-refractivity contribution >= 4 is 5.91 Å². The normalized spacial score (nSPS) is 16.1. The second kappa shape index (κ2) is 6.71. The molecule has 3 rings (SSSR count). The Morgan fingerprint density at radius 3 is 2.29 bits per heavy atom. The molecule has 0 spiro atoms. The predicted molar refractivity (Wildman–Crippen MR) is 90.0 cm³/mol. The van der Waals surface area contributed by atoms with E-state index in [1.807, 2.05) is 25.1 Å². The van der Waals surface area contributed by atoms with Crippen LogP contribution in [0.4, 0.5) is 8.78 Å². The molecule has 1 aliphatic rings. The lowest BCUT2D eigenvalue weighted by molar-refractivity contribution is 0.0941. The van der Waals surface area contributed by atoms with E-state index in [4.69, 9.17) is 0 Å². The number of amides is 1. The molecule has 0 atom stereocenters. The van der Waals surface area contributed by atoms with Crippen molar-refractivity contribution in [1.82, 2.24) is 5.32 Å². The number of hydrogen-bond acceptors (Lipinski definition) is 1. The highest BCUT2D eigenvalue weighted by Crippen LogP contribution is 2.42. The Morgan fingerprint density at radius 1 is 1.04 bits per heavy atom. The lowest BCUT2D eigenvalue weighted by Crippen LogP contribution is -2.40. The SMILES string of the molecule is Cc1ccccc1C(=O)NCC1(c2c(F)cccc2F)CCCC1. The smallest absolute Gasteiger partial charge is 0.251 e. The quantitative estimate of drug-likeness (QED) is 0.878. The highest BCUT2D eigenvalue weighted by Gasteiger charge is 2.40. The van der Waals surface area contributed by atoms with Gasteiger partial charge in [0.2, 0.25) is 0 Å². The van der Waals surface area contributed by atoms with Crippen LogP contribution in [0.5, 0.6) is 0 Å². The van der Waals surface area contributed by atoms with Crippen LogP contribution in [0, 0.1) is 18.6 Å². The van der Waals surface area contributed by atoms with Crippen LogP contribution in [0.1, 0.15) is 47.2 Å². The maximum Gasteiger partial charge on any atom is 0.251 e. The van der Waals surface area contributed by atoms with Crippen molar-refractivity contribution in [1.29, 1.82) is 0 Å². The molecule has 0 saturated heterocycles. The Bertz CT molecular complexity index is 731. The fourth-order valence-corrected chi connectivity index (χ4v) is 3.74. The topological polar surface area (TPSA) is 29.1 Å². The molecule has 1 amide bonds. The van der Waals surface area contributed by atoms with E-state index in [2.05, 4.69) is 5.32 Å². The molecule has 1 saturated carbocycles. The first kappa shape index (κ1) is 16.6. The van der Waals surface area contributed by atoms with Gasteiger partial charge in [-0.25, -0.2) is 8.78 Å². The maximum atomic E-state index is 14.3. The van der Waals surface area contributed by atoms with Crippen LogP contribution in [0.3, 0.4) is 0 Å². The van der Waals surface area contributed by atoms with Gasteiger partial charge in [-0.05, 0) is 43.5 Å². The van der Waals surface area contributed by atoms with Crippen molar-refractivity contribution in [3.8, 4) is 0 Å². The van der Waals surface area contributed by atoms with Crippen molar-refractivity contribution < 1.29 is 13.6 Å². The molecule has 24 heavy (non-hydrogen) atoms. The lowest BCUT2D eigenvalue weighted by atomic mass is 9.78. The van der Waals surface area contributed by atoms with Crippen LogP contribution >= 0.6 is 0 Å². The van der Waals surface area contributed by atoms with Gasteiger partial charge >= 0.3 is 0 Å². The van der Waals surface area contributed by atoms with Crippen LogP contribution in [0.15, 0.2) is 42.5 Å². The zero-order valence-corrected chi connectivity index (χ0v) is 13.7. The van der Waals surface area contributed by atoms with Crippen LogP contribution in [0.2, 0.25) is 0 Å². The van der Waals surface area contributed by atoms with Crippen LogP contribution in [-0.4, -0.2) is 12.5 Å². The molecular weight excluding hydrogens is 308 g/mol. The van der Waals surface area contributed by atoms with Crippen LogP contribution in [-0.2, 0) is 5.41 Å². The molecule has 126 valence electrons. The van der Waals surface area contributed by atoms with Gasteiger partial charge in [-0.1, -0.05) is 37.1 Å². The first-order chi connectivity index (χ1) is 11.5. The minimum Gasteiger partial charge on any atom is -0.351 e. The second-order valence-corrected chi connectivity index (χ2v) is 6.58. The summed E-state index contributed by atoms with van der Waals surface area (Å²) in [6, 6.07) is 11.3. The van der Waals surface area contributed by atoms with Crippen LogP contribution < -0.4 is 5.32 Å². The minimum atomic E-state index is -0.659. The summed E-state index contributed by atoms with van der Waals surface area (Å²) in [6.45, 7) is 2.12. The van der Waals surface area contributed by atoms with Crippen molar-refractivity contribution in [2.45, 2.75) is 38.0 Å². The number of halogens is 2. The Hall–Kier alpha value is -2.23. The Labute approximate surface area is 140 Å². The standard InChI is InChI=1S/C20H21F2NO/c1-14-7-2-3-8-15(14)19(24)23-13-20(11-4-5-12-20)18-16(21)9-6-10-17(18)22/h2-3,6-10H,4-5,11-13H2,1H3,(H,23,24). The fourth-order valence-electron chi connectivity index (χ4n) is 3.74. The van der Waals surface area contributed by atoms with E-state index in [-0.39, 0.29) is 18.0 Å². The highest BCUT2D eigenvalue weighted by atomic mass is 19.1. The molecule has 1 N–H and O–H groups in total. The van der Waals surface area contributed by atoms with Crippen molar-refractivity contribution in [2.75, 3.05) is 6.54 Å². The third kappa shape index (κ3) is 3.05. The predicted octanol–water partition coefficient (Wildman–Crippen LogP) is 4.52. The molecule has 0 aliphatic heterocycles. The number of aryl methyl sites for hydroxylation is 1. The van der Waals surface area contributed by atoms with E-state index in [0.717, 1.165) is 18.4 Å². The first-order valence-corrected chi connectivity index (χ1v) is 8.32. The average molecular weight is 329 g/mol. The number of carbonyl (C=O) groups excluding carboxylic acids is 1. The van der Waals surface area contributed by atoms with Gasteiger partial charge in [-0.15, -0.1) is 0 Å². The number of benzene rings is 2. The molecule has 2 aromatic carbocycles. The van der Waals surface area contributed by atoms with E-state index >= 15 is 0 Å². The molecule has 2 aromatic rings. The summed E-state index contributed by atoms with van der Waals surface area (Å²) in [5, 5.41) is 2.90. The van der Waals surface area contributed by atoms with Gasteiger partial charge in [0.1, 0.15) is 11.6 Å². The molecular formula is C20H21F2NO. The van der Waals surface area contributed by atoms with E-state index < -0.39 is 17.0 Å².